The molecule has 3 heterocycles. The third-order valence-corrected chi connectivity index (χ3v) is 5.76. The summed E-state index contributed by atoms with van der Waals surface area (Å²) in [5.41, 5.74) is 9.11. The van der Waals surface area contributed by atoms with Gasteiger partial charge in [-0.05, 0) is 56.0 Å². The number of hydrogen-bond donors (Lipinski definition) is 1. The minimum Gasteiger partial charge on any atom is -0.492 e. The van der Waals surface area contributed by atoms with Crippen LogP contribution in [0, 0.1) is 5.92 Å². The molecule has 2 N–H and O–H groups in total. The lowest BCUT2D eigenvalue weighted by molar-refractivity contribution is -0.133. The number of fused-ring (bicyclic) bond motifs is 1. The molecule has 0 bridgehead atoms. The summed E-state index contributed by atoms with van der Waals surface area (Å²) in [6.45, 7) is 6.78. The molecule has 1 aromatic carbocycles. The number of amides is 1. The van der Waals surface area contributed by atoms with Crippen molar-refractivity contribution in [2.45, 2.75) is 33.1 Å². The van der Waals surface area contributed by atoms with Gasteiger partial charge in [0.15, 0.2) is 11.4 Å². The topological polar surface area (TPSA) is 82.1 Å². The van der Waals surface area contributed by atoms with Gasteiger partial charge in [0, 0.05) is 31.0 Å². The highest BCUT2D eigenvalue weighted by Crippen LogP contribution is 2.30. The largest absolute Gasteiger partial charge is 0.492 e. The highest BCUT2D eigenvalue weighted by molar-refractivity contribution is 5.76. The normalized spacial score (nSPS) is 14.7. The molecule has 2 aromatic heterocycles. The van der Waals surface area contributed by atoms with Crippen LogP contribution in [0.15, 0.2) is 42.7 Å². The fraction of sp³-hybridized carbons (Fsp3) is 0.417. The predicted octanol–water partition coefficient (Wildman–Crippen LogP) is 4.01. The summed E-state index contributed by atoms with van der Waals surface area (Å²) in [5.74, 6) is 2.20. The molecule has 0 atom stereocenters. The molecule has 3 aromatic rings. The van der Waals surface area contributed by atoms with Gasteiger partial charge in [-0.2, -0.15) is 0 Å². The van der Waals surface area contributed by atoms with Gasteiger partial charge >= 0.3 is 0 Å². The molecule has 7 nitrogen and oxygen atoms in total. The molecule has 1 aliphatic rings. The molecule has 1 saturated heterocycles. The molecule has 0 saturated carbocycles. The lowest BCUT2D eigenvalue weighted by atomic mass is 9.99. The van der Waals surface area contributed by atoms with Crippen LogP contribution in [0.3, 0.4) is 0 Å². The summed E-state index contributed by atoms with van der Waals surface area (Å²) >= 11 is 0. The first-order valence-electron chi connectivity index (χ1n) is 11.0. The molecule has 0 unspecified atom stereocenters. The van der Waals surface area contributed by atoms with E-state index >= 15 is 0 Å². The first-order chi connectivity index (χ1) is 15.0. The van der Waals surface area contributed by atoms with Crippen molar-refractivity contribution in [1.29, 1.82) is 0 Å². The molecule has 1 aliphatic heterocycles. The van der Waals surface area contributed by atoms with Crippen molar-refractivity contribution < 1.29 is 14.3 Å². The number of piperidine rings is 1. The van der Waals surface area contributed by atoms with Crippen LogP contribution in [-0.2, 0) is 4.79 Å². The first-order valence-corrected chi connectivity index (χ1v) is 11.0. The SMILES string of the molecule is CCOc1ccc(-c2cn3cccc(OCCC(=O)N4CCC(C)CC4)c3n2)cc1N. The summed E-state index contributed by atoms with van der Waals surface area (Å²) in [6, 6.07) is 9.47. The van der Waals surface area contributed by atoms with Crippen LogP contribution >= 0.6 is 0 Å². The molecule has 7 heteroatoms. The summed E-state index contributed by atoms with van der Waals surface area (Å²) < 4.78 is 13.4. The number of carbonyl (C=O) groups is 1. The van der Waals surface area contributed by atoms with Crippen molar-refractivity contribution in [2.24, 2.45) is 5.92 Å². The van der Waals surface area contributed by atoms with Gasteiger partial charge in [0.1, 0.15) is 5.75 Å². The maximum atomic E-state index is 12.5. The zero-order valence-electron chi connectivity index (χ0n) is 18.2. The Labute approximate surface area is 182 Å². The Morgan fingerprint density at radius 2 is 2.00 bits per heavy atom. The van der Waals surface area contributed by atoms with Gasteiger partial charge in [-0.3, -0.25) is 4.79 Å². The fourth-order valence-electron chi connectivity index (χ4n) is 3.90. The smallest absolute Gasteiger partial charge is 0.225 e. The fourth-order valence-corrected chi connectivity index (χ4v) is 3.90. The Kier molecular flexibility index (Phi) is 6.30. The summed E-state index contributed by atoms with van der Waals surface area (Å²) in [6.07, 6.45) is 6.41. The zero-order valence-corrected chi connectivity index (χ0v) is 18.2. The highest BCUT2D eigenvalue weighted by atomic mass is 16.5. The number of aromatic nitrogens is 2. The number of likely N-dealkylation sites (tertiary alicyclic amines) is 1. The number of benzene rings is 1. The molecule has 1 fully saturated rings. The number of pyridine rings is 1. The van der Waals surface area contributed by atoms with E-state index in [-0.39, 0.29) is 5.91 Å². The van der Waals surface area contributed by atoms with Crippen molar-refractivity contribution in [3.8, 4) is 22.8 Å². The quantitative estimate of drug-likeness (QED) is 0.582. The van der Waals surface area contributed by atoms with Crippen LogP contribution < -0.4 is 15.2 Å². The van der Waals surface area contributed by atoms with Crippen molar-refractivity contribution in [1.82, 2.24) is 14.3 Å². The molecule has 164 valence electrons. The average molecular weight is 423 g/mol. The number of nitrogens with two attached hydrogens (primary N) is 1. The van der Waals surface area contributed by atoms with Gasteiger partial charge in [-0.1, -0.05) is 6.92 Å². The van der Waals surface area contributed by atoms with Gasteiger partial charge in [0.2, 0.25) is 5.91 Å². The Balaban J connectivity index is 1.44. The Morgan fingerprint density at radius 1 is 1.19 bits per heavy atom. The van der Waals surface area contributed by atoms with Crippen LogP contribution in [0.5, 0.6) is 11.5 Å². The summed E-state index contributed by atoms with van der Waals surface area (Å²) in [7, 11) is 0. The van der Waals surface area contributed by atoms with E-state index in [1.807, 2.05) is 58.9 Å². The summed E-state index contributed by atoms with van der Waals surface area (Å²) in [4.78, 5) is 19.2. The standard InChI is InChI=1S/C24H30N4O3/c1-3-30-21-7-6-18(15-19(21)25)20-16-28-11-4-5-22(24(28)26-20)31-14-10-23(29)27-12-8-17(2)9-13-27/h4-7,11,15-17H,3,8-10,12-14,25H2,1-2H3. The van der Waals surface area contributed by atoms with E-state index in [9.17, 15) is 4.79 Å². The highest BCUT2D eigenvalue weighted by Gasteiger charge is 2.20. The number of anilines is 1. The molecule has 1 amide bonds. The predicted molar refractivity (Wildman–Crippen MR) is 121 cm³/mol. The lowest BCUT2D eigenvalue weighted by Crippen LogP contribution is -2.38. The van der Waals surface area contributed by atoms with E-state index < -0.39 is 0 Å². The Bertz CT molecular complexity index is 1050. The number of nitrogens with zero attached hydrogens (tertiary/aromatic N) is 3. The van der Waals surface area contributed by atoms with Crippen LogP contribution in [0.2, 0.25) is 0 Å². The van der Waals surface area contributed by atoms with E-state index in [0.717, 1.165) is 37.2 Å². The van der Waals surface area contributed by atoms with Crippen molar-refractivity contribution in [3.05, 3.63) is 42.7 Å². The van der Waals surface area contributed by atoms with Crippen LogP contribution in [0.1, 0.15) is 33.1 Å². The van der Waals surface area contributed by atoms with Crippen molar-refractivity contribution >= 4 is 17.2 Å². The van der Waals surface area contributed by atoms with E-state index in [1.165, 1.54) is 0 Å². The number of ether oxygens (including phenoxy) is 2. The molecule has 31 heavy (non-hydrogen) atoms. The number of carbonyl (C=O) groups excluding carboxylic acids is 1. The van der Waals surface area contributed by atoms with Crippen LogP contribution in [-0.4, -0.2) is 46.5 Å². The Morgan fingerprint density at radius 3 is 2.74 bits per heavy atom. The molecule has 0 aliphatic carbocycles. The maximum absolute atomic E-state index is 12.5. The average Bonchev–Trinajstić information content (AvgIpc) is 3.21. The third kappa shape index (κ3) is 4.76. The van der Waals surface area contributed by atoms with Gasteiger partial charge in [-0.25, -0.2) is 4.98 Å². The lowest BCUT2D eigenvalue weighted by Gasteiger charge is -2.30. The minimum atomic E-state index is 0.160. The van der Waals surface area contributed by atoms with E-state index in [0.29, 0.717) is 48.4 Å². The maximum Gasteiger partial charge on any atom is 0.225 e. The minimum absolute atomic E-state index is 0.160. The number of imidazole rings is 1. The van der Waals surface area contributed by atoms with Gasteiger partial charge in [0.05, 0.1) is 31.0 Å². The van der Waals surface area contributed by atoms with Crippen molar-refractivity contribution in [2.75, 3.05) is 32.0 Å². The van der Waals surface area contributed by atoms with E-state index in [2.05, 4.69) is 6.92 Å². The zero-order chi connectivity index (χ0) is 21.8. The molecule has 0 radical (unpaired) electrons. The first kappa shape index (κ1) is 21.0. The summed E-state index contributed by atoms with van der Waals surface area (Å²) in [5, 5.41) is 0. The van der Waals surface area contributed by atoms with E-state index in [4.69, 9.17) is 20.2 Å². The molecular weight excluding hydrogens is 392 g/mol. The van der Waals surface area contributed by atoms with Crippen molar-refractivity contribution in [3.63, 3.8) is 0 Å². The van der Waals surface area contributed by atoms with E-state index in [1.54, 1.807) is 0 Å². The number of hydrogen-bond acceptors (Lipinski definition) is 5. The second-order valence-corrected chi connectivity index (χ2v) is 8.08. The van der Waals surface area contributed by atoms with Gasteiger partial charge in [-0.15, -0.1) is 0 Å². The monoisotopic (exact) mass is 422 g/mol. The molecule has 4 rings (SSSR count). The van der Waals surface area contributed by atoms with Gasteiger partial charge in [0.25, 0.3) is 0 Å². The van der Waals surface area contributed by atoms with Crippen LogP contribution in [0.4, 0.5) is 5.69 Å². The second kappa shape index (κ2) is 9.29. The number of nitrogen functional groups attached to an aromatic ring is 1. The van der Waals surface area contributed by atoms with Gasteiger partial charge < -0.3 is 24.5 Å². The molecule has 0 spiro atoms. The Hall–Kier alpha value is -3.22. The third-order valence-electron chi connectivity index (χ3n) is 5.76. The molecular formula is C24H30N4O3. The van der Waals surface area contributed by atoms with Crippen LogP contribution in [0.25, 0.3) is 16.9 Å². The number of rotatable bonds is 7. The second-order valence-electron chi connectivity index (χ2n) is 8.08.